The smallest absolute Gasteiger partial charge is 0.190 e. The van der Waals surface area contributed by atoms with Gasteiger partial charge in [-0.25, -0.2) is 0 Å². The lowest BCUT2D eigenvalue weighted by atomic mass is 9.83. The van der Waals surface area contributed by atoms with Crippen LogP contribution in [0.1, 0.15) is 45.4 Å². The Morgan fingerprint density at radius 1 is 1.28 bits per heavy atom. The predicted octanol–water partition coefficient (Wildman–Crippen LogP) is 2.16. The highest BCUT2D eigenvalue weighted by Crippen LogP contribution is 2.40. The van der Waals surface area contributed by atoms with Gasteiger partial charge in [-0.15, -0.1) is 0 Å². The van der Waals surface area contributed by atoms with Crippen molar-refractivity contribution in [2.45, 2.75) is 45.4 Å². The van der Waals surface area contributed by atoms with E-state index in [0.717, 1.165) is 38.5 Å². The minimum Gasteiger partial charge on any atom is -0.385 e. The van der Waals surface area contributed by atoms with Crippen LogP contribution in [0, 0.1) is 5.41 Å². The standard InChI is InChI=1S/C14H29N3O/c1-4-10-16-13(15-2)17-12-14(9-11-18-3)7-5-6-8-14/h4-12H2,1-3H3,(H2,15,16,17). The monoisotopic (exact) mass is 255 g/mol. The second-order valence-corrected chi connectivity index (χ2v) is 5.30. The van der Waals surface area contributed by atoms with E-state index in [-0.39, 0.29) is 0 Å². The molecule has 18 heavy (non-hydrogen) atoms. The second kappa shape index (κ2) is 8.35. The van der Waals surface area contributed by atoms with E-state index in [9.17, 15) is 0 Å². The van der Waals surface area contributed by atoms with E-state index in [2.05, 4.69) is 22.5 Å². The molecule has 0 radical (unpaired) electrons. The fraction of sp³-hybridized carbons (Fsp3) is 0.929. The molecule has 0 aromatic carbocycles. The van der Waals surface area contributed by atoms with Gasteiger partial charge in [0.1, 0.15) is 0 Å². The fourth-order valence-corrected chi connectivity index (χ4v) is 2.69. The third-order valence-corrected chi connectivity index (χ3v) is 3.90. The van der Waals surface area contributed by atoms with Crippen molar-refractivity contribution in [3.8, 4) is 0 Å². The molecule has 0 bridgehead atoms. The lowest BCUT2D eigenvalue weighted by molar-refractivity contribution is 0.138. The largest absolute Gasteiger partial charge is 0.385 e. The normalized spacial score (nSPS) is 18.9. The number of methoxy groups -OCH3 is 1. The first-order valence-electron chi connectivity index (χ1n) is 7.20. The molecule has 0 aliphatic heterocycles. The topological polar surface area (TPSA) is 45.7 Å². The SMILES string of the molecule is CCCNC(=NC)NCC1(CCOC)CCCC1. The molecule has 0 amide bonds. The van der Waals surface area contributed by atoms with Crippen LogP contribution in [0.3, 0.4) is 0 Å². The first kappa shape index (κ1) is 15.3. The Labute approximate surface area is 112 Å². The van der Waals surface area contributed by atoms with E-state index in [0.29, 0.717) is 5.41 Å². The molecule has 0 aromatic rings. The zero-order valence-electron chi connectivity index (χ0n) is 12.2. The lowest BCUT2D eigenvalue weighted by Gasteiger charge is -2.29. The van der Waals surface area contributed by atoms with Crippen molar-refractivity contribution in [2.24, 2.45) is 10.4 Å². The Bertz CT molecular complexity index is 247. The second-order valence-electron chi connectivity index (χ2n) is 5.30. The number of nitrogens with zero attached hydrogens (tertiary/aromatic N) is 1. The summed E-state index contributed by atoms with van der Waals surface area (Å²) in [6, 6.07) is 0. The van der Waals surface area contributed by atoms with Gasteiger partial charge in [0.25, 0.3) is 0 Å². The molecule has 0 unspecified atom stereocenters. The summed E-state index contributed by atoms with van der Waals surface area (Å²) in [5.41, 5.74) is 0.417. The van der Waals surface area contributed by atoms with Crippen LogP contribution in [-0.2, 0) is 4.74 Å². The quantitative estimate of drug-likeness (QED) is 0.541. The van der Waals surface area contributed by atoms with Crippen LogP contribution in [0.25, 0.3) is 0 Å². The van der Waals surface area contributed by atoms with E-state index in [1.807, 2.05) is 7.05 Å². The molecular weight excluding hydrogens is 226 g/mol. The van der Waals surface area contributed by atoms with Gasteiger partial charge < -0.3 is 15.4 Å². The molecular formula is C14H29N3O. The molecule has 0 aromatic heterocycles. The summed E-state index contributed by atoms with van der Waals surface area (Å²) in [4.78, 5) is 4.26. The van der Waals surface area contributed by atoms with Crippen LogP contribution >= 0.6 is 0 Å². The van der Waals surface area contributed by atoms with Crippen molar-refractivity contribution in [1.29, 1.82) is 0 Å². The molecule has 1 aliphatic rings. The van der Waals surface area contributed by atoms with Gasteiger partial charge in [0.05, 0.1) is 0 Å². The van der Waals surface area contributed by atoms with Gasteiger partial charge in [-0.05, 0) is 31.1 Å². The number of aliphatic imine (C=N–C) groups is 1. The number of hydrogen-bond acceptors (Lipinski definition) is 2. The predicted molar refractivity (Wildman–Crippen MR) is 77.0 cm³/mol. The first-order valence-corrected chi connectivity index (χ1v) is 7.20. The third kappa shape index (κ3) is 4.84. The van der Waals surface area contributed by atoms with Crippen LogP contribution in [0.4, 0.5) is 0 Å². The highest BCUT2D eigenvalue weighted by atomic mass is 16.5. The van der Waals surface area contributed by atoms with E-state index in [4.69, 9.17) is 4.74 Å². The average Bonchev–Trinajstić information content (AvgIpc) is 2.86. The zero-order valence-corrected chi connectivity index (χ0v) is 12.2. The van der Waals surface area contributed by atoms with Crippen molar-refractivity contribution < 1.29 is 4.74 Å². The van der Waals surface area contributed by atoms with Gasteiger partial charge in [0, 0.05) is 33.9 Å². The lowest BCUT2D eigenvalue weighted by Crippen LogP contribution is -2.43. The molecule has 1 aliphatic carbocycles. The number of rotatable bonds is 7. The third-order valence-electron chi connectivity index (χ3n) is 3.90. The molecule has 0 heterocycles. The van der Waals surface area contributed by atoms with Crippen molar-refractivity contribution in [1.82, 2.24) is 10.6 Å². The summed E-state index contributed by atoms with van der Waals surface area (Å²) in [7, 11) is 3.62. The minimum absolute atomic E-state index is 0.417. The van der Waals surface area contributed by atoms with Gasteiger partial charge in [0.15, 0.2) is 5.96 Å². The number of hydrogen-bond donors (Lipinski definition) is 2. The number of nitrogens with one attached hydrogen (secondary N) is 2. The van der Waals surface area contributed by atoms with Gasteiger partial charge in [0.2, 0.25) is 0 Å². The van der Waals surface area contributed by atoms with E-state index in [1.54, 1.807) is 7.11 Å². The van der Waals surface area contributed by atoms with Gasteiger partial charge in [-0.2, -0.15) is 0 Å². The van der Waals surface area contributed by atoms with Crippen LogP contribution < -0.4 is 10.6 Å². The summed E-state index contributed by atoms with van der Waals surface area (Å²) >= 11 is 0. The molecule has 106 valence electrons. The highest BCUT2D eigenvalue weighted by molar-refractivity contribution is 5.79. The van der Waals surface area contributed by atoms with Gasteiger partial charge >= 0.3 is 0 Å². The molecule has 0 atom stereocenters. The van der Waals surface area contributed by atoms with Crippen molar-refractivity contribution in [2.75, 3.05) is 33.9 Å². The molecule has 0 spiro atoms. The summed E-state index contributed by atoms with van der Waals surface area (Å²) < 4.78 is 5.25. The highest BCUT2D eigenvalue weighted by Gasteiger charge is 2.33. The molecule has 1 saturated carbocycles. The minimum atomic E-state index is 0.417. The Morgan fingerprint density at radius 3 is 2.56 bits per heavy atom. The Balaban J connectivity index is 2.41. The fourth-order valence-electron chi connectivity index (χ4n) is 2.69. The summed E-state index contributed by atoms with van der Waals surface area (Å²) in [5.74, 6) is 0.931. The van der Waals surface area contributed by atoms with Crippen LogP contribution in [0.2, 0.25) is 0 Å². The van der Waals surface area contributed by atoms with Gasteiger partial charge in [-0.1, -0.05) is 19.8 Å². The van der Waals surface area contributed by atoms with E-state index in [1.165, 1.54) is 25.7 Å². The van der Waals surface area contributed by atoms with E-state index < -0.39 is 0 Å². The molecule has 0 saturated heterocycles. The zero-order chi connectivity index (χ0) is 13.3. The maximum absolute atomic E-state index is 5.25. The summed E-state index contributed by atoms with van der Waals surface area (Å²) in [6.45, 7) is 5.02. The van der Waals surface area contributed by atoms with Crippen LogP contribution in [0.15, 0.2) is 4.99 Å². The molecule has 2 N–H and O–H groups in total. The van der Waals surface area contributed by atoms with Crippen LogP contribution in [0.5, 0.6) is 0 Å². The molecule has 1 rings (SSSR count). The van der Waals surface area contributed by atoms with Crippen molar-refractivity contribution in [3.63, 3.8) is 0 Å². The van der Waals surface area contributed by atoms with E-state index >= 15 is 0 Å². The summed E-state index contributed by atoms with van der Waals surface area (Å²) in [5, 5.41) is 6.80. The van der Waals surface area contributed by atoms with Gasteiger partial charge in [-0.3, -0.25) is 4.99 Å². The van der Waals surface area contributed by atoms with Crippen molar-refractivity contribution >= 4 is 5.96 Å². The van der Waals surface area contributed by atoms with Crippen LogP contribution in [-0.4, -0.2) is 39.8 Å². The average molecular weight is 255 g/mol. The van der Waals surface area contributed by atoms with Crippen molar-refractivity contribution in [3.05, 3.63) is 0 Å². The maximum Gasteiger partial charge on any atom is 0.190 e. The number of ether oxygens (including phenoxy) is 1. The maximum atomic E-state index is 5.25. The molecule has 1 fully saturated rings. The molecule has 4 heteroatoms. The first-order chi connectivity index (χ1) is 8.76. The Kier molecular flexibility index (Phi) is 7.09. The molecule has 4 nitrogen and oxygen atoms in total. The Hall–Kier alpha value is -0.770. The number of guanidine groups is 1. The summed E-state index contributed by atoms with van der Waals surface area (Å²) in [6.07, 6.45) is 7.61. The Morgan fingerprint density at radius 2 is 2.00 bits per heavy atom.